The molecule has 2 aromatic rings. The van der Waals surface area contributed by atoms with E-state index in [-0.39, 0.29) is 18.3 Å². The maximum Gasteiger partial charge on any atom is 0.239 e. The Kier molecular flexibility index (Phi) is 4.62. The van der Waals surface area contributed by atoms with Crippen LogP contribution in [0.4, 0.5) is 15.9 Å². The van der Waals surface area contributed by atoms with Crippen molar-refractivity contribution in [2.24, 2.45) is 0 Å². The number of rotatable bonds is 4. The smallest absolute Gasteiger partial charge is 0.239 e. The first-order chi connectivity index (χ1) is 11.1. The first-order valence-corrected chi connectivity index (χ1v) is 7.65. The van der Waals surface area contributed by atoms with E-state index in [0.717, 1.165) is 5.56 Å². The van der Waals surface area contributed by atoms with Crippen molar-refractivity contribution in [3.63, 3.8) is 0 Å². The van der Waals surface area contributed by atoms with Crippen molar-refractivity contribution in [3.05, 3.63) is 52.9 Å². The fourth-order valence-electron chi connectivity index (χ4n) is 2.43. The van der Waals surface area contributed by atoms with Crippen LogP contribution in [0.3, 0.4) is 0 Å². The molecule has 0 aliphatic carbocycles. The Balaban J connectivity index is 1.66. The molecule has 0 spiro atoms. The SMILES string of the molecule is O=C1CN(c2ccc(CNc3ccc(Cl)cn3)cc2F)CCN1. The number of hydrogen-bond acceptors (Lipinski definition) is 4. The number of halogens is 2. The highest BCUT2D eigenvalue weighted by molar-refractivity contribution is 6.30. The van der Waals surface area contributed by atoms with Gasteiger partial charge in [-0.15, -0.1) is 0 Å². The minimum Gasteiger partial charge on any atom is -0.366 e. The second-order valence-electron chi connectivity index (χ2n) is 5.27. The second kappa shape index (κ2) is 6.83. The van der Waals surface area contributed by atoms with E-state index in [1.54, 1.807) is 29.3 Å². The van der Waals surface area contributed by atoms with E-state index in [1.165, 1.54) is 6.07 Å². The van der Waals surface area contributed by atoms with E-state index >= 15 is 0 Å². The Bertz CT molecular complexity index is 708. The zero-order valence-corrected chi connectivity index (χ0v) is 13.1. The van der Waals surface area contributed by atoms with E-state index < -0.39 is 0 Å². The van der Waals surface area contributed by atoms with E-state index in [2.05, 4.69) is 15.6 Å². The number of hydrogen-bond donors (Lipinski definition) is 2. The van der Waals surface area contributed by atoms with Gasteiger partial charge in [0.15, 0.2) is 0 Å². The van der Waals surface area contributed by atoms with Crippen LogP contribution in [-0.2, 0) is 11.3 Å². The molecule has 1 aromatic heterocycles. The molecule has 0 saturated carbocycles. The zero-order valence-electron chi connectivity index (χ0n) is 12.4. The molecule has 7 heteroatoms. The quantitative estimate of drug-likeness (QED) is 0.901. The van der Waals surface area contributed by atoms with Gasteiger partial charge < -0.3 is 15.5 Å². The number of aromatic nitrogens is 1. The highest BCUT2D eigenvalue weighted by Gasteiger charge is 2.19. The summed E-state index contributed by atoms with van der Waals surface area (Å²) < 4.78 is 14.3. The molecule has 0 unspecified atom stereocenters. The first-order valence-electron chi connectivity index (χ1n) is 7.27. The molecule has 3 rings (SSSR count). The van der Waals surface area contributed by atoms with E-state index in [4.69, 9.17) is 11.6 Å². The minimum absolute atomic E-state index is 0.0878. The number of piperazine rings is 1. The molecule has 120 valence electrons. The van der Waals surface area contributed by atoms with Crippen molar-refractivity contribution >= 4 is 29.0 Å². The van der Waals surface area contributed by atoms with Gasteiger partial charge in [0.05, 0.1) is 17.3 Å². The van der Waals surface area contributed by atoms with Crippen LogP contribution in [0.2, 0.25) is 5.02 Å². The number of pyridine rings is 1. The number of nitrogens with one attached hydrogen (secondary N) is 2. The number of carbonyl (C=O) groups excluding carboxylic acids is 1. The van der Waals surface area contributed by atoms with E-state index in [0.29, 0.717) is 36.2 Å². The number of carbonyl (C=O) groups is 1. The summed E-state index contributed by atoms with van der Waals surface area (Å²) in [6, 6.07) is 8.53. The standard InChI is InChI=1S/C16H16ClFN4O/c17-12-2-4-15(21-9-12)20-8-11-1-3-14(13(18)7-11)22-6-5-19-16(23)10-22/h1-4,7,9H,5-6,8,10H2,(H,19,23)(H,20,21). The maximum atomic E-state index is 14.3. The van der Waals surface area contributed by atoms with Crippen LogP contribution in [-0.4, -0.2) is 30.5 Å². The minimum atomic E-state index is -0.330. The Morgan fingerprint density at radius 3 is 2.91 bits per heavy atom. The molecule has 1 aliphatic rings. The molecule has 1 fully saturated rings. The molecule has 0 atom stereocenters. The molecule has 1 aromatic carbocycles. The number of benzene rings is 1. The summed E-state index contributed by atoms with van der Waals surface area (Å²) in [6.07, 6.45) is 1.55. The zero-order chi connectivity index (χ0) is 16.2. The van der Waals surface area contributed by atoms with Crippen molar-refractivity contribution in [2.75, 3.05) is 29.9 Å². The monoisotopic (exact) mass is 334 g/mol. The van der Waals surface area contributed by atoms with Crippen molar-refractivity contribution in [3.8, 4) is 0 Å². The molecular formula is C16H16ClFN4O. The highest BCUT2D eigenvalue weighted by Crippen LogP contribution is 2.21. The van der Waals surface area contributed by atoms with Crippen LogP contribution >= 0.6 is 11.6 Å². The topological polar surface area (TPSA) is 57.3 Å². The third-order valence-corrected chi connectivity index (χ3v) is 3.82. The van der Waals surface area contributed by atoms with Crippen LogP contribution < -0.4 is 15.5 Å². The highest BCUT2D eigenvalue weighted by atomic mass is 35.5. The summed E-state index contributed by atoms with van der Waals surface area (Å²) in [4.78, 5) is 17.3. The molecule has 1 amide bonds. The van der Waals surface area contributed by atoms with Crippen LogP contribution in [0.15, 0.2) is 36.5 Å². The molecule has 0 bridgehead atoms. The summed E-state index contributed by atoms with van der Waals surface area (Å²) in [5, 5.41) is 6.40. The number of amides is 1. The number of nitrogens with zero attached hydrogens (tertiary/aromatic N) is 2. The lowest BCUT2D eigenvalue weighted by Crippen LogP contribution is -2.48. The Morgan fingerprint density at radius 1 is 1.35 bits per heavy atom. The van der Waals surface area contributed by atoms with Crippen LogP contribution in [0.5, 0.6) is 0 Å². The lowest BCUT2D eigenvalue weighted by atomic mass is 10.1. The molecular weight excluding hydrogens is 319 g/mol. The van der Waals surface area contributed by atoms with Crippen LogP contribution in [0.1, 0.15) is 5.56 Å². The van der Waals surface area contributed by atoms with Crippen molar-refractivity contribution < 1.29 is 9.18 Å². The van der Waals surface area contributed by atoms with E-state index in [1.807, 2.05) is 6.07 Å². The summed E-state index contributed by atoms with van der Waals surface area (Å²) in [5.74, 6) is 0.254. The molecule has 1 saturated heterocycles. The molecule has 2 N–H and O–H groups in total. The van der Waals surface area contributed by atoms with Gasteiger partial charge in [0, 0.05) is 25.8 Å². The van der Waals surface area contributed by atoms with Gasteiger partial charge in [0.25, 0.3) is 0 Å². The molecule has 0 radical (unpaired) electrons. The molecule has 1 aliphatic heterocycles. The summed E-state index contributed by atoms with van der Waals surface area (Å²) in [6.45, 7) is 1.77. The second-order valence-corrected chi connectivity index (χ2v) is 5.71. The Hall–Kier alpha value is -2.34. The number of anilines is 2. The third kappa shape index (κ3) is 3.90. The Morgan fingerprint density at radius 2 is 2.22 bits per heavy atom. The van der Waals surface area contributed by atoms with Crippen molar-refractivity contribution in [1.29, 1.82) is 0 Å². The summed E-state index contributed by atoms with van der Waals surface area (Å²) in [7, 11) is 0. The largest absolute Gasteiger partial charge is 0.366 e. The normalized spacial score (nSPS) is 14.5. The third-order valence-electron chi connectivity index (χ3n) is 3.59. The van der Waals surface area contributed by atoms with Gasteiger partial charge in [-0.05, 0) is 29.8 Å². The fraction of sp³-hybridized carbons (Fsp3) is 0.250. The fourth-order valence-corrected chi connectivity index (χ4v) is 2.55. The van der Waals surface area contributed by atoms with Gasteiger partial charge >= 0.3 is 0 Å². The van der Waals surface area contributed by atoms with Gasteiger partial charge in [-0.2, -0.15) is 0 Å². The molecule has 5 nitrogen and oxygen atoms in total. The van der Waals surface area contributed by atoms with Crippen LogP contribution in [0, 0.1) is 5.82 Å². The lowest BCUT2D eigenvalue weighted by molar-refractivity contribution is -0.120. The average Bonchev–Trinajstić information content (AvgIpc) is 2.54. The van der Waals surface area contributed by atoms with Gasteiger partial charge in [-0.25, -0.2) is 9.37 Å². The Labute approximate surface area is 138 Å². The van der Waals surface area contributed by atoms with Crippen molar-refractivity contribution in [2.45, 2.75) is 6.54 Å². The predicted octanol–water partition coefficient (Wildman–Crippen LogP) is 2.42. The first kappa shape index (κ1) is 15.6. The predicted molar refractivity (Wildman–Crippen MR) is 88.2 cm³/mol. The van der Waals surface area contributed by atoms with Crippen molar-refractivity contribution in [1.82, 2.24) is 10.3 Å². The van der Waals surface area contributed by atoms with Crippen LogP contribution in [0.25, 0.3) is 0 Å². The maximum absolute atomic E-state index is 14.3. The van der Waals surface area contributed by atoms with Gasteiger partial charge in [-0.3, -0.25) is 4.79 Å². The summed E-state index contributed by atoms with van der Waals surface area (Å²) >= 11 is 5.78. The van der Waals surface area contributed by atoms with Gasteiger partial charge in [0.1, 0.15) is 11.6 Å². The summed E-state index contributed by atoms with van der Waals surface area (Å²) in [5.41, 5.74) is 1.25. The molecule has 23 heavy (non-hydrogen) atoms. The lowest BCUT2D eigenvalue weighted by Gasteiger charge is -2.29. The van der Waals surface area contributed by atoms with Gasteiger partial charge in [-0.1, -0.05) is 17.7 Å². The van der Waals surface area contributed by atoms with Gasteiger partial charge in [0.2, 0.25) is 5.91 Å². The molecule has 2 heterocycles. The van der Waals surface area contributed by atoms with E-state index in [9.17, 15) is 9.18 Å². The average molecular weight is 335 g/mol.